The van der Waals surface area contributed by atoms with E-state index >= 15 is 0 Å². The molecule has 3 N–H and O–H groups in total. The smallest absolute Gasteiger partial charge is 0.490 e. The van der Waals surface area contributed by atoms with Crippen molar-refractivity contribution < 1.29 is 50.9 Å². The van der Waals surface area contributed by atoms with Crippen LogP contribution in [0, 0.1) is 0 Å². The van der Waals surface area contributed by atoms with Crippen molar-refractivity contribution in [2.75, 3.05) is 5.32 Å². The number of carbonyl (C=O) groups excluding carboxylic acids is 1. The summed E-state index contributed by atoms with van der Waals surface area (Å²) in [6.45, 7) is 0.495. The van der Waals surface area contributed by atoms with Crippen LogP contribution in [0.15, 0.2) is 42.5 Å². The van der Waals surface area contributed by atoms with E-state index in [4.69, 9.17) is 4.74 Å². The average molecular weight is 518 g/mol. The molecule has 1 saturated carbocycles. The van der Waals surface area contributed by atoms with Crippen LogP contribution in [0.25, 0.3) is 0 Å². The molecule has 0 spiro atoms. The second kappa shape index (κ2) is 10.9. The molecule has 0 bridgehead atoms. The lowest BCUT2D eigenvalue weighted by Gasteiger charge is -2.29. The van der Waals surface area contributed by atoms with Crippen molar-refractivity contribution in [3.8, 4) is 17.2 Å². The first-order valence-electron chi connectivity index (χ1n) is 10.8. The number of carboxylic acids is 1. The number of rotatable bonds is 8. The fourth-order valence-corrected chi connectivity index (χ4v) is 3.67. The Kier molecular flexibility index (Phi) is 8.10. The summed E-state index contributed by atoms with van der Waals surface area (Å²) < 4.78 is 77.3. The van der Waals surface area contributed by atoms with E-state index in [1.54, 1.807) is 0 Å². The predicted molar refractivity (Wildman–Crippen MR) is 117 cm³/mol. The van der Waals surface area contributed by atoms with Crippen LogP contribution in [0.5, 0.6) is 17.2 Å². The first-order valence-corrected chi connectivity index (χ1v) is 10.8. The van der Waals surface area contributed by atoms with Gasteiger partial charge < -0.3 is 30.0 Å². The molecule has 1 aliphatic carbocycles. The highest BCUT2D eigenvalue weighted by molar-refractivity contribution is 5.91. The number of ether oxygens (including phenoxy) is 3. The molecule has 2 aromatic carbocycles. The van der Waals surface area contributed by atoms with Crippen LogP contribution in [-0.2, 0) is 0 Å². The zero-order valence-electron chi connectivity index (χ0n) is 18.9. The molecule has 0 aromatic heterocycles. The van der Waals surface area contributed by atoms with Gasteiger partial charge in [0.1, 0.15) is 22.8 Å². The highest BCUT2D eigenvalue weighted by Crippen LogP contribution is 2.31. The Morgan fingerprint density at radius 2 is 1.64 bits per heavy atom. The normalized spacial score (nSPS) is 18.2. The molecule has 36 heavy (non-hydrogen) atoms. The fourth-order valence-electron chi connectivity index (χ4n) is 3.67. The Balaban J connectivity index is 1.50. The summed E-state index contributed by atoms with van der Waals surface area (Å²) in [7, 11) is 0. The minimum Gasteiger partial charge on any atom is -0.490 e. The fraction of sp³-hybridized carbons (Fsp3) is 0.391. The number of urea groups is 1. The molecule has 13 heteroatoms. The van der Waals surface area contributed by atoms with Crippen molar-refractivity contribution in [3.05, 3.63) is 48.0 Å². The highest BCUT2D eigenvalue weighted by atomic mass is 19.4. The average Bonchev–Trinajstić information content (AvgIpc) is 2.74. The van der Waals surface area contributed by atoms with E-state index in [-0.39, 0.29) is 23.6 Å². The summed E-state index contributed by atoms with van der Waals surface area (Å²) in [6, 6.07) is 7.59. The molecule has 3 rings (SSSR count). The molecular formula is C23H23F5N2O6. The van der Waals surface area contributed by atoms with Gasteiger partial charge in [0.2, 0.25) is 0 Å². The number of aromatic carboxylic acids is 1. The zero-order chi connectivity index (χ0) is 26.5. The molecule has 0 radical (unpaired) electrons. The Bertz CT molecular complexity index is 1080. The Morgan fingerprint density at radius 3 is 2.25 bits per heavy atom. The monoisotopic (exact) mass is 518 g/mol. The lowest BCUT2D eigenvalue weighted by molar-refractivity contribution is -0.274. The number of hydrogen-bond donors (Lipinski definition) is 3. The van der Waals surface area contributed by atoms with Crippen molar-refractivity contribution >= 4 is 17.7 Å². The summed E-state index contributed by atoms with van der Waals surface area (Å²) in [5.41, 5.74) is -0.348. The Morgan fingerprint density at radius 1 is 0.944 bits per heavy atom. The summed E-state index contributed by atoms with van der Waals surface area (Å²) in [4.78, 5) is 23.7. The van der Waals surface area contributed by atoms with Crippen molar-refractivity contribution in [1.29, 1.82) is 0 Å². The number of alkyl halides is 5. The van der Waals surface area contributed by atoms with Crippen molar-refractivity contribution in [2.45, 2.75) is 57.2 Å². The molecule has 1 aliphatic rings. The SMILES string of the molecule is CC(F)(F)Oc1ccc(OC2CCC(NC(=O)Nc3cccc(OC(F)(F)F)c3)CC2)cc1C(=O)O. The van der Waals surface area contributed by atoms with Crippen LogP contribution in [0.3, 0.4) is 0 Å². The largest absolute Gasteiger partial charge is 0.573 e. The Hall–Kier alpha value is -3.77. The Labute approximate surface area is 202 Å². The number of benzene rings is 2. The second-order valence-corrected chi connectivity index (χ2v) is 8.14. The van der Waals surface area contributed by atoms with Crippen molar-refractivity contribution in [1.82, 2.24) is 5.32 Å². The lowest BCUT2D eigenvalue weighted by atomic mass is 9.93. The van der Waals surface area contributed by atoms with E-state index in [1.165, 1.54) is 18.2 Å². The maximum atomic E-state index is 13.1. The number of carbonyl (C=O) groups is 2. The molecular weight excluding hydrogens is 495 g/mol. The van der Waals surface area contributed by atoms with Gasteiger partial charge >= 0.3 is 24.5 Å². The van der Waals surface area contributed by atoms with Gasteiger partial charge in [0.05, 0.1) is 6.10 Å². The molecule has 0 atom stereocenters. The van der Waals surface area contributed by atoms with E-state index in [2.05, 4.69) is 20.1 Å². The predicted octanol–water partition coefficient (Wildman–Crippen LogP) is 5.79. The van der Waals surface area contributed by atoms with E-state index in [0.29, 0.717) is 32.6 Å². The summed E-state index contributed by atoms with van der Waals surface area (Å²) in [5, 5.41) is 14.5. The van der Waals surface area contributed by atoms with Crippen molar-refractivity contribution in [3.63, 3.8) is 0 Å². The molecule has 196 valence electrons. The standard InChI is InChI=1S/C23H23F5N2O6/c1-22(24,25)36-19-10-9-16(12-18(19)20(31)32)34-15-7-5-13(6-8-15)29-21(33)30-14-3-2-4-17(11-14)35-23(26,27)28/h2-4,9-13,15H,5-8H2,1H3,(H,31,32)(H2,29,30,33). The van der Waals surface area contributed by atoms with E-state index < -0.39 is 41.5 Å². The molecule has 0 aliphatic heterocycles. The summed E-state index contributed by atoms with van der Waals surface area (Å²) in [6.07, 6.45) is -6.65. The van der Waals surface area contributed by atoms with Gasteiger partial charge in [-0.3, -0.25) is 0 Å². The topological polar surface area (TPSA) is 106 Å². The first-order chi connectivity index (χ1) is 16.8. The zero-order valence-corrected chi connectivity index (χ0v) is 18.9. The quantitative estimate of drug-likeness (QED) is 0.382. The summed E-state index contributed by atoms with van der Waals surface area (Å²) in [5.74, 6) is -2.23. The van der Waals surface area contributed by atoms with Gasteiger partial charge in [0.15, 0.2) is 0 Å². The van der Waals surface area contributed by atoms with E-state index in [1.807, 2.05) is 0 Å². The third-order valence-electron chi connectivity index (χ3n) is 5.11. The third kappa shape index (κ3) is 8.47. The highest BCUT2D eigenvalue weighted by Gasteiger charge is 2.31. The molecule has 1 fully saturated rings. The van der Waals surface area contributed by atoms with Gasteiger partial charge in [0, 0.05) is 24.7 Å². The van der Waals surface area contributed by atoms with Crippen LogP contribution in [0.4, 0.5) is 32.4 Å². The van der Waals surface area contributed by atoms with Gasteiger partial charge in [-0.1, -0.05) is 6.07 Å². The summed E-state index contributed by atoms with van der Waals surface area (Å²) >= 11 is 0. The minimum atomic E-state index is -4.85. The molecule has 2 amide bonds. The maximum absolute atomic E-state index is 13.1. The molecule has 8 nitrogen and oxygen atoms in total. The van der Waals surface area contributed by atoms with Gasteiger partial charge in [-0.15, -0.1) is 13.2 Å². The van der Waals surface area contributed by atoms with Crippen LogP contribution in [0.2, 0.25) is 0 Å². The van der Waals surface area contributed by atoms with Gasteiger partial charge in [-0.05, 0) is 56.0 Å². The lowest BCUT2D eigenvalue weighted by Crippen LogP contribution is -2.41. The maximum Gasteiger partial charge on any atom is 0.573 e. The molecule has 2 aromatic rings. The van der Waals surface area contributed by atoms with Crippen LogP contribution in [-0.4, -0.2) is 41.7 Å². The number of anilines is 1. The van der Waals surface area contributed by atoms with E-state index in [0.717, 1.165) is 24.3 Å². The van der Waals surface area contributed by atoms with Crippen LogP contribution < -0.4 is 24.8 Å². The van der Waals surface area contributed by atoms with E-state index in [9.17, 15) is 36.6 Å². The van der Waals surface area contributed by atoms with Gasteiger partial charge in [-0.2, -0.15) is 8.78 Å². The number of carboxylic acid groups (broad SMARTS) is 1. The molecule has 0 saturated heterocycles. The number of hydrogen-bond acceptors (Lipinski definition) is 5. The molecule has 0 heterocycles. The van der Waals surface area contributed by atoms with Crippen LogP contribution in [0.1, 0.15) is 43.0 Å². The first kappa shape index (κ1) is 26.8. The number of halogens is 5. The third-order valence-corrected chi connectivity index (χ3v) is 5.11. The van der Waals surface area contributed by atoms with Gasteiger partial charge in [-0.25, -0.2) is 9.59 Å². The number of amides is 2. The second-order valence-electron chi connectivity index (χ2n) is 8.14. The van der Waals surface area contributed by atoms with Crippen molar-refractivity contribution in [2.24, 2.45) is 0 Å². The number of nitrogens with one attached hydrogen (secondary N) is 2. The van der Waals surface area contributed by atoms with Crippen LogP contribution >= 0.6 is 0 Å². The minimum absolute atomic E-state index is 0.119. The van der Waals surface area contributed by atoms with Gasteiger partial charge in [0.25, 0.3) is 0 Å². The molecule has 0 unspecified atom stereocenters.